The average Bonchev–Trinajstić information content (AvgIpc) is 2.35. The molecule has 1 fully saturated rings. The third-order valence-electron chi connectivity index (χ3n) is 3.65. The summed E-state index contributed by atoms with van der Waals surface area (Å²) < 4.78 is 0. The molecule has 94 valence electrons. The van der Waals surface area contributed by atoms with Gasteiger partial charge >= 0.3 is 0 Å². The predicted octanol–water partition coefficient (Wildman–Crippen LogP) is 4.98. The third kappa shape index (κ3) is 3.32. The van der Waals surface area contributed by atoms with Crippen molar-refractivity contribution in [3.8, 4) is 0 Å². The number of nitrogens with two attached hydrogens (primary N) is 1. The van der Waals surface area contributed by atoms with Crippen LogP contribution in [0.3, 0.4) is 0 Å². The van der Waals surface area contributed by atoms with E-state index >= 15 is 0 Å². The molecule has 1 nitrogen and oxygen atoms in total. The fourth-order valence-corrected chi connectivity index (χ4v) is 4.02. The molecule has 0 aromatic heterocycles. The van der Waals surface area contributed by atoms with Crippen molar-refractivity contribution in [2.45, 2.75) is 49.2 Å². The molecule has 3 heteroatoms. The SMILES string of the molecule is CCC1CCC(Sc2c(N)cccc2Cl)CC1. The molecule has 0 bridgehead atoms. The number of benzene rings is 1. The molecule has 17 heavy (non-hydrogen) atoms. The van der Waals surface area contributed by atoms with Gasteiger partial charge in [-0.3, -0.25) is 0 Å². The topological polar surface area (TPSA) is 26.0 Å². The standard InChI is InChI=1S/C14H20ClNS/c1-2-10-6-8-11(9-7-10)17-14-12(15)4-3-5-13(14)16/h3-5,10-11H,2,6-9,16H2,1H3. The van der Waals surface area contributed by atoms with Gasteiger partial charge in [0.1, 0.15) is 0 Å². The molecule has 1 saturated carbocycles. The molecule has 0 spiro atoms. The zero-order chi connectivity index (χ0) is 12.3. The molecule has 1 aromatic rings. The molecule has 1 aliphatic rings. The van der Waals surface area contributed by atoms with Crippen LogP contribution in [0.2, 0.25) is 5.02 Å². The van der Waals surface area contributed by atoms with Crippen LogP contribution >= 0.6 is 23.4 Å². The molecule has 0 saturated heterocycles. The second-order valence-corrected chi connectivity index (χ2v) is 6.54. The van der Waals surface area contributed by atoms with Crippen LogP contribution in [0, 0.1) is 5.92 Å². The van der Waals surface area contributed by atoms with E-state index in [-0.39, 0.29) is 0 Å². The summed E-state index contributed by atoms with van der Waals surface area (Å²) in [6, 6.07) is 5.78. The molecule has 0 aliphatic heterocycles. The molecule has 2 rings (SSSR count). The summed E-state index contributed by atoms with van der Waals surface area (Å²) >= 11 is 8.08. The van der Waals surface area contributed by atoms with E-state index in [1.54, 1.807) is 0 Å². The lowest BCUT2D eigenvalue weighted by Gasteiger charge is -2.27. The Morgan fingerprint density at radius 3 is 2.59 bits per heavy atom. The Kier molecular flexibility index (Phi) is 4.63. The Bertz CT molecular complexity index is 352. The minimum Gasteiger partial charge on any atom is -0.398 e. The first kappa shape index (κ1) is 13.1. The van der Waals surface area contributed by atoms with E-state index in [2.05, 4.69) is 6.92 Å². The van der Waals surface area contributed by atoms with E-state index < -0.39 is 0 Å². The third-order valence-corrected chi connectivity index (χ3v) is 5.58. The zero-order valence-corrected chi connectivity index (χ0v) is 11.9. The van der Waals surface area contributed by atoms with Gasteiger partial charge in [0.2, 0.25) is 0 Å². The number of thioether (sulfide) groups is 1. The first-order valence-corrected chi connectivity index (χ1v) is 7.67. The molecular weight excluding hydrogens is 250 g/mol. The number of anilines is 1. The van der Waals surface area contributed by atoms with Gasteiger partial charge in [-0.05, 0) is 43.7 Å². The summed E-state index contributed by atoms with van der Waals surface area (Å²) in [7, 11) is 0. The summed E-state index contributed by atoms with van der Waals surface area (Å²) in [5.41, 5.74) is 6.81. The second-order valence-electron chi connectivity index (χ2n) is 4.83. The highest BCUT2D eigenvalue weighted by atomic mass is 35.5. The summed E-state index contributed by atoms with van der Waals surface area (Å²) in [5, 5.41) is 1.49. The lowest BCUT2D eigenvalue weighted by atomic mass is 9.87. The summed E-state index contributed by atoms with van der Waals surface area (Å²) in [4.78, 5) is 1.08. The molecule has 1 aliphatic carbocycles. The number of halogens is 1. The number of nitrogen functional groups attached to an aromatic ring is 1. The van der Waals surface area contributed by atoms with Gasteiger partial charge in [0.25, 0.3) is 0 Å². The molecule has 0 atom stereocenters. The van der Waals surface area contributed by atoms with E-state index in [1.807, 2.05) is 30.0 Å². The van der Waals surface area contributed by atoms with Crippen LogP contribution < -0.4 is 5.73 Å². The Morgan fingerprint density at radius 1 is 1.29 bits per heavy atom. The molecular formula is C14H20ClNS. The van der Waals surface area contributed by atoms with Crippen LogP contribution in [0.5, 0.6) is 0 Å². The van der Waals surface area contributed by atoms with E-state index in [0.717, 1.165) is 21.5 Å². The highest BCUT2D eigenvalue weighted by Gasteiger charge is 2.22. The Hall–Kier alpha value is -0.340. The molecule has 2 N–H and O–H groups in total. The fraction of sp³-hybridized carbons (Fsp3) is 0.571. The first-order chi connectivity index (χ1) is 8.20. The van der Waals surface area contributed by atoms with E-state index in [0.29, 0.717) is 5.25 Å². The number of hydrogen-bond donors (Lipinski definition) is 1. The van der Waals surface area contributed by atoms with Crippen molar-refractivity contribution in [1.29, 1.82) is 0 Å². The molecule has 1 aromatic carbocycles. The lowest BCUT2D eigenvalue weighted by molar-refractivity contribution is 0.356. The van der Waals surface area contributed by atoms with Crippen molar-refractivity contribution in [3.05, 3.63) is 23.2 Å². The maximum Gasteiger partial charge on any atom is 0.0562 e. The van der Waals surface area contributed by atoms with Crippen molar-refractivity contribution in [2.24, 2.45) is 5.92 Å². The summed E-state index contributed by atoms with van der Waals surface area (Å²) in [6.07, 6.45) is 6.64. The number of hydrogen-bond acceptors (Lipinski definition) is 2. The van der Waals surface area contributed by atoms with Crippen molar-refractivity contribution in [2.75, 3.05) is 5.73 Å². The van der Waals surface area contributed by atoms with Gasteiger partial charge in [0.15, 0.2) is 0 Å². The predicted molar refractivity (Wildman–Crippen MR) is 77.8 cm³/mol. The van der Waals surface area contributed by atoms with E-state index in [9.17, 15) is 0 Å². The zero-order valence-electron chi connectivity index (χ0n) is 10.3. The van der Waals surface area contributed by atoms with E-state index in [1.165, 1.54) is 32.1 Å². The minimum absolute atomic E-state index is 0.694. The maximum atomic E-state index is 6.20. The fourth-order valence-electron chi connectivity index (χ4n) is 2.47. The van der Waals surface area contributed by atoms with Gasteiger partial charge in [-0.2, -0.15) is 0 Å². The molecule has 0 unspecified atom stereocenters. The van der Waals surface area contributed by atoms with E-state index in [4.69, 9.17) is 17.3 Å². The minimum atomic E-state index is 0.694. The first-order valence-electron chi connectivity index (χ1n) is 6.41. The molecule has 0 radical (unpaired) electrons. The second kappa shape index (κ2) is 6.01. The molecule has 0 amide bonds. The Balaban J connectivity index is 1.98. The van der Waals surface area contributed by atoms with Gasteiger partial charge in [0.05, 0.1) is 5.02 Å². The smallest absolute Gasteiger partial charge is 0.0562 e. The maximum absolute atomic E-state index is 6.20. The highest BCUT2D eigenvalue weighted by Crippen LogP contribution is 2.41. The van der Waals surface area contributed by atoms with Crippen LogP contribution in [0.1, 0.15) is 39.0 Å². The Labute approximate surface area is 113 Å². The van der Waals surface area contributed by atoms with Gasteiger partial charge in [-0.25, -0.2) is 0 Å². The highest BCUT2D eigenvalue weighted by molar-refractivity contribution is 8.00. The Morgan fingerprint density at radius 2 is 2.00 bits per heavy atom. The normalized spacial score (nSPS) is 24.8. The van der Waals surface area contributed by atoms with Crippen molar-refractivity contribution < 1.29 is 0 Å². The van der Waals surface area contributed by atoms with Gasteiger partial charge in [-0.1, -0.05) is 31.0 Å². The van der Waals surface area contributed by atoms with Crippen LogP contribution in [-0.2, 0) is 0 Å². The number of rotatable bonds is 3. The lowest BCUT2D eigenvalue weighted by Crippen LogP contribution is -2.15. The van der Waals surface area contributed by atoms with Crippen LogP contribution in [0.15, 0.2) is 23.1 Å². The summed E-state index contributed by atoms with van der Waals surface area (Å²) in [5.74, 6) is 0.940. The van der Waals surface area contributed by atoms with Crippen LogP contribution in [0.4, 0.5) is 5.69 Å². The van der Waals surface area contributed by atoms with Crippen molar-refractivity contribution in [3.63, 3.8) is 0 Å². The summed E-state index contributed by atoms with van der Waals surface area (Å²) in [6.45, 7) is 2.30. The van der Waals surface area contributed by atoms with Gasteiger partial charge in [0, 0.05) is 15.8 Å². The largest absolute Gasteiger partial charge is 0.398 e. The molecule has 0 heterocycles. The van der Waals surface area contributed by atoms with Gasteiger partial charge < -0.3 is 5.73 Å². The van der Waals surface area contributed by atoms with Crippen molar-refractivity contribution >= 4 is 29.1 Å². The monoisotopic (exact) mass is 269 g/mol. The van der Waals surface area contributed by atoms with Crippen molar-refractivity contribution in [1.82, 2.24) is 0 Å². The van der Waals surface area contributed by atoms with Gasteiger partial charge in [-0.15, -0.1) is 11.8 Å². The van der Waals surface area contributed by atoms with Crippen LogP contribution in [-0.4, -0.2) is 5.25 Å². The average molecular weight is 270 g/mol. The van der Waals surface area contributed by atoms with Crippen LogP contribution in [0.25, 0.3) is 0 Å². The quantitative estimate of drug-likeness (QED) is 0.783.